The highest BCUT2D eigenvalue weighted by Gasteiger charge is 2.38. The van der Waals surface area contributed by atoms with Crippen molar-refractivity contribution in [2.24, 2.45) is 4.99 Å². The molecule has 0 radical (unpaired) electrons. The summed E-state index contributed by atoms with van der Waals surface area (Å²) in [7, 11) is 0. The van der Waals surface area contributed by atoms with Gasteiger partial charge in [0.2, 0.25) is 0 Å². The molecule has 0 aromatic heterocycles. The maximum atomic E-state index is 14.8. The monoisotopic (exact) mass is 430 g/mol. The molecule has 3 aliphatic heterocycles. The van der Waals surface area contributed by atoms with Crippen LogP contribution in [0.5, 0.6) is 0 Å². The lowest BCUT2D eigenvalue weighted by molar-refractivity contribution is 0.0297. The molecule has 0 saturated carbocycles. The van der Waals surface area contributed by atoms with Crippen molar-refractivity contribution in [3.8, 4) is 6.07 Å². The molecule has 0 bridgehead atoms. The van der Waals surface area contributed by atoms with Gasteiger partial charge >= 0.3 is 0 Å². The Morgan fingerprint density at radius 2 is 1.97 bits per heavy atom. The molecule has 1 fully saturated rings. The summed E-state index contributed by atoms with van der Waals surface area (Å²) < 4.78 is 20.3. The minimum Gasteiger partial charge on any atom is -0.379 e. The van der Waals surface area contributed by atoms with Crippen LogP contribution < -0.4 is 0 Å². The topological polar surface area (TPSA) is 51.9 Å². The second-order valence-electron chi connectivity index (χ2n) is 8.70. The molecule has 1 aromatic rings. The highest BCUT2D eigenvalue weighted by Crippen LogP contribution is 2.38. The van der Waals surface area contributed by atoms with Gasteiger partial charge in [-0.15, -0.1) is 0 Å². The van der Waals surface area contributed by atoms with Gasteiger partial charge in [0, 0.05) is 42.6 Å². The Morgan fingerprint density at radius 3 is 2.72 bits per heavy atom. The molecule has 0 spiro atoms. The van der Waals surface area contributed by atoms with Gasteiger partial charge in [0.15, 0.2) is 0 Å². The lowest BCUT2D eigenvalue weighted by atomic mass is 9.91. The molecule has 1 aliphatic carbocycles. The number of amidine groups is 1. The summed E-state index contributed by atoms with van der Waals surface area (Å²) in [5, 5.41) is 9.57. The number of halogens is 1. The smallest absolute Gasteiger partial charge is 0.128 e. The average Bonchev–Trinajstić information content (AvgIpc) is 3.17. The van der Waals surface area contributed by atoms with Gasteiger partial charge in [0.25, 0.3) is 0 Å². The number of aryl methyl sites for hydroxylation is 1. The van der Waals surface area contributed by atoms with E-state index in [-0.39, 0.29) is 17.9 Å². The first kappa shape index (κ1) is 20.9. The van der Waals surface area contributed by atoms with E-state index >= 15 is 0 Å². The zero-order valence-corrected chi connectivity index (χ0v) is 18.3. The van der Waals surface area contributed by atoms with Gasteiger partial charge in [-0.05, 0) is 43.6 Å². The fourth-order valence-corrected chi connectivity index (χ4v) is 4.85. The molecular weight excluding hydrogens is 403 g/mol. The van der Waals surface area contributed by atoms with Crippen LogP contribution >= 0.6 is 0 Å². The number of ether oxygens (including phenoxy) is 1. The summed E-state index contributed by atoms with van der Waals surface area (Å²) in [6, 6.07) is 10.9. The van der Waals surface area contributed by atoms with Gasteiger partial charge in [-0.3, -0.25) is 9.89 Å². The van der Waals surface area contributed by atoms with E-state index in [9.17, 15) is 9.65 Å². The van der Waals surface area contributed by atoms with Crippen LogP contribution in [-0.4, -0.2) is 54.5 Å². The third-order valence-corrected chi connectivity index (χ3v) is 6.60. The van der Waals surface area contributed by atoms with Crippen molar-refractivity contribution in [3.63, 3.8) is 0 Å². The number of morpholine rings is 1. The minimum absolute atomic E-state index is 0.00939. The van der Waals surface area contributed by atoms with Crippen LogP contribution in [0.1, 0.15) is 30.0 Å². The number of aliphatic imine (C=N–C) groups is 1. The number of allylic oxidation sites excluding steroid dienone is 6. The standard InChI is InChI=1S/C26H27FN4O/c1-18-5-7-19(8-6-18)26-23(17-30-11-13-32-14-12-30)31-16-21(9-10-24(31)29-26)25-20(15-28)3-2-4-22(25)27/h4-10,16,23,26H,2-3,11-14,17H2,1H3. The van der Waals surface area contributed by atoms with Crippen molar-refractivity contribution in [1.82, 2.24) is 9.80 Å². The van der Waals surface area contributed by atoms with Crippen molar-refractivity contribution >= 4 is 5.84 Å². The van der Waals surface area contributed by atoms with Gasteiger partial charge in [-0.25, -0.2) is 4.39 Å². The molecular formula is C26H27FN4O. The molecule has 164 valence electrons. The predicted molar refractivity (Wildman–Crippen MR) is 123 cm³/mol. The SMILES string of the molecule is Cc1ccc(C2N=C3C=CC(C4=C(C#N)CCC=C4F)=CN3C2CN2CCOCC2)cc1. The molecule has 1 saturated heterocycles. The second-order valence-corrected chi connectivity index (χ2v) is 8.70. The third-order valence-electron chi connectivity index (χ3n) is 6.60. The number of fused-ring (bicyclic) bond motifs is 1. The molecule has 1 aromatic carbocycles. The normalized spacial score (nSPS) is 25.8. The summed E-state index contributed by atoms with van der Waals surface area (Å²) in [5.41, 5.74) is 4.09. The van der Waals surface area contributed by atoms with E-state index in [1.807, 2.05) is 18.4 Å². The van der Waals surface area contributed by atoms with E-state index in [4.69, 9.17) is 9.73 Å². The number of hydrogen-bond acceptors (Lipinski definition) is 5. The lowest BCUT2D eigenvalue weighted by Crippen LogP contribution is -2.47. The Bertz CT molecular complexity index is 1080. The molecule has 0 amide bonds. The zero-order chi connectivity index (χ0) is 22.1. The van der Waals surface area contributed by atoms with Crippen molar-refractivity contribution in [2.45, 2.75) is 31.8 Å². The quantitative estimate of drug-likeness (QED) is 0.712. The van der Waals surface area contributed by atoms with Gasteiger partial charge < -0.3 is 9.64 Å². The molecule has 4 aliphatic rings. The summed E-state index contributed by atoms with van der Waals surface area (Å²) in [4.78, 5) is 9.66. The number of rotatable bonds is 4. The number of benzene rings is 1. The van der Waals surface area contributed by atoms with Crippen LogP contribution in [0.15, 0.2) is 76.2 Å². The van der Waals surface area contributed by atoms with Crippen molar-refractivity contribution in [2.75, 3.05) is 32.8 Å². The van der Waals surface area contributed by atoms with E-state index in [0.29, 0.717) is 24.0 Å². The number of hydrogen-bond donors (Lipinski definition) is 0. The highest BCUT2D eigenvalue weighted by molar-refractivity contribution is 5.97. The Balaban J connectivity index is 1.51. The minimum atomic E-state index is -0.303. The van der Waals surface area contributed by atoms with Crippen molar-refractivity contribution in [3.05, 3.63) is 82.4 Å². The van der Waals surface area contributed by atoms with Gasteiger partial charge in [0.05, 0.1) is 31.4 Å². The van der Waals surface area contributed by atoms with E-state index in [1.54, 1.807) is 6.08 Å². The van der Waals surface area contributed by atoms with Gasteiger partial charge in [-0.1, -0.05) is 29.8 Å². The summed E-state index contributed by atoms with van der Waals surface area (Å²) in [6.07, 6.45) is 8.57. The number of nitrogens with zero attached hydrogens (tertiary/aromatic N) is 4. The summed E-state index contributed by atoms with van der Waals surface area (Å²) in [5.74, 6) is 0.583. The van der Waals surface area contributed by atoms with Crippen LogP contribution in [0, 0.1) is 18.3 Å². The molecule has 32 heavy (non-hydrogen) atoms. The molecule has 5 rings (SSSR count). The third kappa shape index (κ3) is 3.94. The molecule has 3 heterocycles. The zero-order valence-electron chi connectivity index (χ0n) is 18.3. The van der Waals surface area contributed by atoms with Crippen LogP contribution in [0.25, 0.3) is 0 Å². The molecule has 2 atom stereocenters. The average molecular weight is 431 g/mol. The fourth-order valence-electron chi connectivity index (χ4n) is 4.85. The highest BCUT2D eigenvalue weighted by atomic mass is 19.1. The molecule has 5 nitrogen and oxygen atoms in total. The first-order valence-electron chi connectivity index (χ1n) is 11.3. The van der Waals surface area contributed by atoms with Crippen LogP contribution in [0.4, 0.5) is 4.39 Å². The number of nitriles is 1. The Kier molecular flexibility index (Phi) is 5.77. The van der Waals surface area contributed by atoms with E-state index in [1.165, 1.54) is 11.1 Å². The lowest BCUT2D eigenvalue weighted by Gasteiger charge is -2.35. The van der Waals surface area contributed by atoms with Crippen LogP contribution in [0.3, 0.4) is 0 Å². The van der Waals surface area contributed by atoms with E-state index in [2.05, 4.69) is 47.1 Å². The van der Waals surface area contributed by atoms with E-state index < -0.39 is 0 Å². The first-order valence-corrected chi connectivity index (χ1v) is 11.3. The second kappa shape index (κ2) is 8.85. The van der Waals surface area contributed by atoms with E-state index in [0.717, 1.165) is 44.3 Å². The largest absolute Gasteiger partial charge is 0.379 e. The molecule has 6 heteroatoms. The maximum Gasteiger partial charge on any atom is 0.128 e. The van der Waals surface area contributed by atoms with Crippen LogP contribution in [0.2, 0.25) is 0 Å². The van der Waals surface area contributed by atoms with Gasteiger partial charge in [0.1, 0.15) is 11.7 Å². The summed E-state index contributed by atoms with van der Waals surface area (Å²) in [6.45, 7) is 6.20. The Morgan fingerprint density at radius 1 is 1.19 bits per heavy atom. The first-order chi connectivity index (χ1) is 15.6. The summed E-state index contributed by atoms with van der Waals surface area (Å²) >= 11 is 0. The van der Waals surface area contributed by atoms with Crippen molar-refractivity contribution in [1.29, 1.82) is 5.26 Å². The molecule has 0 N–H and O–H groups in total. The predicted octanol–water partition coefficient (Wildman–Crippen LogP) is 4.37. The van der Waals surface area contributed by atoms with Crippen LogP contribution in [-0.2, 0) is 4.74 Å². The maximum absolute atomic E-state index is 14.8. The molecule has 2 unspecified atom stereocenters. The van der Waals surface area contributed by atoms with Crippen molar-refractivity contribution < 1.29 is 9.13 Å². The fraction of sp³-hybridized carbons (Fsp3) is 0.385. The Labute approximate surface area is 188 Å². The Hall–Kier alpha value is -3.01. The van der Waals surface area contributed by atoms with Gasteiger partial charge in [-0.2, -0.15) is 5.26 Å².